The second-order valence-corrected chi connectivity index (χ2v) is 7.56. The Morgan fingerprint density at radius 1 is 1.40 bits per heavy atom. The smallest absolute Gasteiger partial charge is 0.233 e. The molecule has 4 nitrogen and oxygen atoms in total. The monoisotopic (exact) mass is 417 g/mol. The van der Waals surface area contributed by atoms with Gasteiger partial charge in [0.25, 0.3) is 0 Å². The van der Waals surface area contributed by atoms with Crippen LogP contribution in [0.25, 0.3) is 0 Å². The number of hydrogen-bond donors (Lipinski definition) is 1. The highest BCUT2D eigenvalue weighted by Gasteiger charge is 2.21. The van der Waals surface area contributed by atoms with Gasteiger partial charge in [-0.3, -0.25) is 9.78 Å². The quantitative estimate of drug-likeness (QED) is 0.772. The van der Waals surface area contributed by atoms with E-state index >= 15 is 0 Å². The highest BCUT2D eigenvalue weighted by molar-refractivity contribution is 9.11. The lowest BCUT2D eigenvalue weighted by molar-refractivity contribution is -0.117. The van der Waals surface area contributed by atoms with Crippen LogP contribution in [0.15, 0.2) is 32.9 Å². The fourth-order valence-electron chi connectivity index (χ4n) is 1.86. The number of nitrogens with zero attached hydrogens (tertiary/aromatic N) is 2. The van der Waals surface area contributed by atoms with Gasteiger partial charge in [0.05, 0.1) is 15.9 Å². The molecule has 0 aromatic carbocycles. The molecule has 0 spiro atoms. The number of carbonyl (C=O) groups excluding carboxylic acids is 1. The number of nitrogens with one attached hydrogen (secondary N) is 1. The SMILES string of the molecule is CCCC(C(=O)Nc1ncc(Br)s1)c1cncc(Br)c1. The number of amides is 1. The summed E-state index contributed by atoms with van der Waals surface area (Å²) in [7, 11) is 0. The van der Waals surface area contributed by atoms with Gasteiger partial charge in [-0.05, 0) is 49.9 Å². The van der Waals surface area contributed by atoms with Crippen LogP contribution in [0, 0.1) is 0 Å². The first-order chi connectivity index (χ1) is 9.60. The molecule has 0 aliphatic carbocycles. The summed E-state index contributed by atoms with van der Waals surface area (Å²) in [6.45, 7) is 2.06. The van der Waals surface area contributed by atoms with Crippen molar-refractivity contribution in [1.29, 1.82) is 0 Å². The molecule has 1 unspecified atom stereocenters. The van der Waals surface area contributed by atoms with Crippen LogP contribution in [0.4, 0.5) is 5.13 Å². The lowest BCUT2D eigenvalue weighted by atomic mass is 9.95. The Kier molecular flexibility index (Phi) is 5.68. The third-order valence-electron chi connectivity index (χ3n) is 2.73. The molecule has 0 saturated heterocycles. The summed E-state index contributed by atoms with van der Waals surface area (Å²) in [6.07, 6.45) is 6.82. The zero-order valence-electron chi connectivity index (χ0n) is 10.8. The first-order valence-corrected chi connectivity index (χ1v) is 8.53. The summed E-state index contributed by atoms with van der Waals surface area (Å²) >= 11 is 8.12. The zero-order chi connectivity index (χ0) is 14.5. The van der Waals surface area contributed by atoms with Crippen molar-refractivity contribution in [1.82, 2.24) is 9.97 Å². The van der Waals surface area contributed by atoms with E-state index in [9.17, 15) is 4.79 Å². The number of rotatable bonds is 5. The maximum Gasteiger partial charge on any atom is 0.233 e. The molecule has 0 bridgehead atoms. The van der Waals surface area contributed by atoms with Gasteiger partial charge < -0.3 is 5.32 Å². The van der Waals surface area contributed by atoms with Gasteiger partial charge in [-0.1, -0.05) is 24.7 Å². The summed E-state index contributed by atoms with van der Waals surface area (Å²) < 4.78 is 1.77. The maximum atomic E-state index is 12.4. The first kappa shape index (κ1) is 15.6. The van der Waals surface area contributed by atoms with Crippen LogP contribution in [0.5, 0.6) is 0 Å². The van der Waals surface area contributed by atoms with Crippen molar-refractivity contribution in [3.63, 3.8) is 0 Å². The van der Waals surface area contributed by atoms with Crippen LogP contribution in [-0.2, 0) is 4.79 Å². The minimum Gasteiger partial charge on any atom is -0.301 e. The summed E-state index contributed by atoms with van der Waals surface area (Å²) in [5.41, 5.74) is 0.911. The topological polar surface area (TPSA) is 54.9 Å². The van der Waals surface area contributed by atoms with Gasteiger partial charge in [0.2, 0.25) is 5.91 Å². The molecule has 2 aromatic heterocycles. The fraction of sp³-hybridized carbons (Fsp3) is 0.308. The van der Waals surface area contributed by atoms with E-state index in [1.165, 1.54) is 11.3 Å². The molecular formula is C13H13Br2N3OS. The van der Waals surface area contributed by atoms with E-state index in [-0.39, 0.29) is 11.8 Å². The molecule has 2 heterocycles. The molecule has 1 atom stereocenters. The zero-order valence-corrected chi connectivity index (χ0v) is 14.8. The molecule has 1 amide bonds. The molecule has 0 saturated carbocycles. The minimum absolute atomic E-state index is 0.0476. The predicted octanol–water partition coefficient (Wildman–Crippen LogP) is 4.59. The summed E-state index contributed by atoms with van der Waals surface area (Å²) in [6, 6.07) is 1.94. The minimum atomic E-state index is -0.215. The van der Waals surface area contributed by atoms with Crippen molar-refractivity contribution in [2.24, 2.45) is 0 Å². The highest BCUT2D eigenvalue weighted by atomic mass is 79.9. The normalized spacial score (nSPS) is 12.2. The predicted molar refractivity (Wildman–Crippen MR) is 88.0 cm³/mol. The van der Waals surface area contributed by atoms with Gasteiger partial charge in [0.1, 0.15) is 0 Å². The largest absolute Gasteiger partial charge is 0.301 e. The van der Waals surface area contributed by atoms with Crippen LogP contribution < -0.4 is 5.32 Å². The first-order valence-electron chi connectivity index (χ1n) is 6.12. The standard InChI is InChI=1S/C13H13Br2N3OS/c1-2-3-10(8-4-9(14)6-16-5-8)12(19)18-13-17-7-11(15)20-13/h4-7,10H,2-3H2,1H3,(H,17,18,19). The lowest BCUT2D eigenvalue weighted by Crippen LogP contribution is -2.21. The molecule has 2 aromatic rings. The van der Waals surface area contributed by atoms with E-state index in [1.807, 2.05) is 6.07 Å². The van der Waals surface area contributed by atoms with Crippen molar-refractivity contribution in [2.75, 3.05) is 5.32 Å². The van der Waals surface area contributed by atoms with Crippen LogP contribution in [-0.4, -0.2) is 15.9 Å². The van der Waals surface area contributed by atoms with Crippen molar-refractivity contribution in [3.05, 3.63) is 38.5 Å². The average molecular weight is 419 g/mol. The lowest BCUT2D eigenvalue weighted by Gasteiger charge is -2.15. The Balaban J connectivity index is 2.17. The van der Waals surface area contributed by atoms with Gasteiger partial charge in [0.15, 0.2) is 5.13 Å². The third kappa shape index (κ3) is 4.10. The van der Waals surface area contributed by atoms with Gasteiger partial charge in [-0.15, -0.1) is 0 Å². The van der Waals surface area contributed by atoms with Crippen molar-refractivity contribution in [2.45, 2.75) is 25.7 Å². The molecule has 2 rings (SSSR count). The highest BCUT2D eigenvalue weighted by Crippen LogP contribution is 2.27. The summed E-state index contributed by atoms with van der Waals surface area (Å²) in [5, 5.41) is 3.46. The molecule has 0 aliphatic rings. The number of aromatic nitrogens is 2. The number of anilines is 1. The molecule has 0 aliphatic heterocycles. The Labute approximate surface area is 138 Å². The van der Waals surface area contributed by atoms with E-state index in [1.54, 1.807) is 18.6 Å². The second-order valence-electron chi connectivity index (χ2n) is 4.24. The maximum absolute atomic E-state index is 12.4. The van der Waals surface area contributed by atoms with E-state index in [2.05, 4.69) is 54.1 Å². The molecule has 106 valence electrons. The molecule has 0 fully saturated rings. The van der Waals surface area contributed by atoms with Crippen molar-refractivity contribution >= 4 is 54.2 Å². The van der Waals surface area contributed by atoms with E-state index < -0.39 is 0 Å². The van der Waals surface area contributed by atoms with Crippen LogP contribution >= 0.6 is 43.2 Å². The van der Waals surface area contributed by atoms with Gasteiger partial charge >= 0.3 is 0 Å². The Morgan fingerprint density at radius 2 is 2.20 bits per heavy atom. The number of hydrogen-bond acceptors (Lipinski definition) is 4. The average Bonchev–Trinajstić information content (AvgIpc) is 2.81. The van der Waals surface area contributed by atoms with Crippen molar-refractivity contribution in [3.8, 4) is 0 Å². The number of thiazole rings is 1. The van der Waals surface area contributed by atoms with E-state index in [0.717, 1.165) is 26.7 Å². The number of halogens is 2. The summed E-state index contributed by atoms with van der Waals surface area (Å²) in [4.78, 5) is 20.7. The summed E-state index contributed by atoms with van der Waals surface area (Å²) in [5.74, 6) is -0.263. The van der Waals surface area contributed by atoms with Gasteiger partial charge in [-0.25, -0.2) is 4.98 Å². The Hall–Kier alpha value is -0.790. The van der Waals surface area contributed by atoms with Crippen LogP contribution in [0.3, 0.4) is 0 Å². The second kappa shape index (κ2) is 7.28. The molecule has 1 N–H and O–H groups in total. The Bertz CT molecular complexity index is 603. The third-order valence-corrected chi connectivity index (χ3v) is 4.56. The van der Waals surface area contributed by atoms with E-state index in [4.69, 9.17) is 0 Å². The van der Waals surface area contributed by atoms with E-state index in [0.29, 0.717) is 5.13 Å². The Morgan fingerprint density at radius 3 is 2.80 bits per heavy atom. The number of carbonyl (C=O) groups is 1. The molecule has 7 heteroatoms. The molecule has 0 radical (unpaired) electrons. The number of pyridine rings is 1. The fourth-order valence-corrected chi connectivity index (χ4v) is 3.35. The van der Waals surface area contributed by atoms with Crippen molar-refractivity contribution < 1.29 is 4.79 Å². The van der Waals surface area contributed by atoms with Gasteiger partial charge in [0, 0.05) is 16.9 Å². The van der Waals surface area contributed by atoms with Gasteiger partial charge in [-0.2, -0.15) is 0 Å². The molecule has 20 heavy (non-hydrogen) atoms. The van der Waals surface area contributed by atoms with Crippen LogP contribution in [0.2, 0.25) is 0 Å². The molecular weight excluding hydrogens is 406 g/mol. The van der Waals surface area contributed by atoms with Crippen LogP contribution in [0.1, 0.15) is 31.2 Å².